The molecule has 0 bridgehead atoms. The van der Waals surface area contributed by atoms with Crippen LogP contribution < -0.4 is 0 Å². The van der Waals surface area contributed by atoms with Gasteiger partial charge in [-0.25, -0.2) is 0 Å². The van der Waals surface area contributed by atoms with Crippen molar-refractivity contribution in [2.24, 2.45) is 5.92 Å². The Labute approximate surface area is 285 Å². The van der Waals surface area contributed by atoms with Gasteiger partial charge in [0.2, 0.25) is 0 Å². The van der Waals surface area contributed by atoms with Crippen LogP contribution in [0.3, 0.4) is 0 Å². The van der Waals surface area contributed by atoms with Gasteiger partial charge in [-0.05, 0) is 46.2 Å². The normalized spacial score (nSPS) is 22.4. The van der Waals surface area contributed by atoms with Crippen LogP contribution in [0.5, 0.6) is 0 Å². The maximum atomic E-state index is 13.0. The van der Waals surface area contributed by atoms with Gasteiger partial charge < -0.3 is 24.1 Å². The van der Waals surface area contributed by atoms with Crippen LogP contribution in [-0.4, -0.2) is 30.0 Å². The smallest absolute Gasteiger partial charge is 0.119 e. The van der Waals surface area contributed by atoms with Crippen LogP contribution in [0.25, 0.3) is 0 Å². The van der Waals surface area contributed by atoms with Gasteiger partial charge in [0.1, 0.15) is 17.8 Å². The summed E-state index contributed by atoms with van der Waals surface area (Å²) < 4.78 is 26.9. The number of rotatable bonds is 15. The third kappa shape index (κ3) is 8.67. The lowest BCUT2D eigenvalue weighted by Crippen LogP contribution is -2.62. The zero-order valence-electron chi connectivity index (χ0n) is 27.7. The fraction of sp³-hybridized carbons (Fsp3) is 0.302. The minimum Gasteiger partial charge on any atom is -0.382 e. The van der Waals surface area contributed by atoms with Crippen LogP contribution in [0.1, 0.15) is 46.7 Å². The molecule has 1 aliphatic carbocycles. The summed E-state index contributed by atoms with van der Waals surface area (Å²) in [5, 5.41) is 13.0. The minimum absolute atomic E-state index is 0.190. The summed E-state index contributed by atoms with van der Waals surface area (Å²) in [5.41, 5.74) is 4.85. The Bertz CT molecular complexity index is 1650. The fourth-order valence-electron chi connectivity index (χ4n) is 6.68. The van der Waals surface area contributed by atoms with E-state index in [0.29, 0.717) is 39.5 Å². The number of benzene rings is 5. The van der Waals surface area contributed by atoms with Crippen molar-refractivity contribution >= 4 is 0 Å². The molecule has 48 heavy (non-hydrogen) atoms. The third-order valence-corrected chi connectivity index (χ3v) is 9.25. The second-order valence-corrected chi connectivity index (χ2v) is 12.7. The number of aryl methyl sites for hydroxylation is 1. The Kier molecular flexibility index (Phi) is 11.8. The molecule has 0 heterocycles. The highest BCUT2D eigenvalue weighted by atomic mass is 16.6. The Hall–Kier alpha value is -4.10. The second-order valence-electron chi connectivity index (χ2n) is 12.7. The first-order valence-corrected chi connectivity index (χ1v) is 17.0. The summed E-state index contributed by atoms with van der Waals surface area (Å²) in [6.45, 7) is 4.07. The Morgan fingerprint density at radius 1 is 0.542 bits per heavy atom. The van der Waals surface area contributed by atoms with Gasteiger partial charge >= 0.3 is 0 Å². The maximum Gasteiger partial charge on any atom is 0.119 e. The summed E-state index contributed by atoms with van der Waals surface area (Å²) in [5.74, 6) is -0.190. The minimum atomic E-state index is -1.37. The number of hydrogen-bond donors (Lipinski definition) is 1. The molecule has 1 fully saturated rings. The molecular weight excluding hydrogens is 596 g/mol. The van der Waals surface area contributed by atoms with Gasteiger partial charge in [-0.3, -0.25) is 0 Å². The van der Waals surface area contributed by atoms with Crippen molar-refractivity contribution in [1.82, 2.24) is 0 Å². The number of aliphatic hydroxyl groups is 1. The molecule has 5 aromatic carbocycles. The highest BCUT2D eigenvalue weighted by Gasteiger charge is 2.55. The largest absolute Gasteiger partial charge is 0.382 e. The van der Waals surface area contributed by atoms with Gasteiger partial charge in [0.25, 0.3) is 0 Å². The predicted molar refractivity (Wildman–Crippen MR) is 189 cm³/mol. The zero-order chi connectivity index (χ0) is 33.0. The summed E-state index contributed by atoms with van der Waals surface area (Å²) in [6, 6.07) is 48.9. The summed E-state index contributed by atoms with van der Waals surface area (Å²) >= 11 is 0. The Morgan fingerprint density at radius 2 is 1.00 bits per heavy atom. The topological polar surface area (TPSA) is 57.2 Å². The molecular formula is C43H46O5. The molecule has 0 aliphatic heterocycles. The van der Waals surface area contributed by atoms with Crippen molar-refractivity contribution < 1.29 is 24.1 Å². The van der Waals surface area contributed by atoms with E-state index in [1.807, 2.05) is 97.1 Å². The van der Waals surface area contributed by atoms with E-state index in [4.69, 9.17) is 18.9 Å². The fourth-order valence-corrected chi connectivity index (χ4v) is 6.68. The van der Waals surface area contributed by atoms with Crippen molar-refractivity contribution in [2.45, 2.75) is 70.1 Å². The first-order chi connectivity index (χ1) is 23.6. The molecule has 0 radical (unpaired) electrons. The van der Waals surface area contributed by atoms with Gasteiger partial charge in [-0.2, -0.15) is 0 Å². The zero-order valence-corrected chi connectivity index (χ0v) is 27.7. The summed E-state index contributed by atoms with van der Waals surface area (Å²) in [6.07, 6.45) is -0.495. The molecule has 5 atom stereocenters. The average Bonchev–Trinajstić information content (AvgIpc) is 3.15. The van der Waals surface area contributed by atoms with E-state index in [1.165, 1.54) is 0 Å². The van der Waals surface area contributed by atoms with Crippen LogP contribution in [-0.2, 0) is 57.4 Å². The predicted octanol–water partition coefficient (Wildman–Crippen LogP) is 8.43. The standard InChI is InChI=1S/C43H46O5/c1-2-33-24-15-25-39(26-33)43(44)27-38(32-45-28-34-16-7-3-8-17-34)40(46-29-35-18-9-4-10-19-35)41(47-30-36-20-11-5-12-21-36)42(43)48-31-37-22-13-6-14-23-37/h3-26,38,40-42,44H,2,27-32H2,1H3/t38-,40-,41+,42-,43-/m1/s1. The van der Waals surface area contributed by atoms with E-state index in [-0.39, 0.29) is 5.92 Å². The summed E-state index contributed by atoms with van der Waals surface area (Å²) in [4.78, 5) is 0. The molecule has 1 N–H and O–H groups in total. The van der Waals surface area contributed by atoms with Crippen molar-refractivity contribution in [3.8, 4) is 0 Å². The second kappa shape index (κ2) is 16.8. The first-order valence-electron chi connectivity index (χ1n) is 17.0. The van der Waals surface area contributed by atoms with Crippen LogP contribution >= 0.6 is 0 Å². The van der Waals surface area contributed by atoms with E-state index in [1.54, 1.807) is 0 Å². The molecule has 0 aromatic heterocycles. The Morgan fingerprint density at radius 3 is 1.52 bits per heavy atom. The SMILES string of the molecule is CCc1cccc([C@]2(O)C[C@H](COCc3ccccc3)[C@@H](OCc3ccccc3)[C@H](OCc3ccccc3)[C@H]2OCc2ccccc2)c1. The van der Waals surface area contributed by atoms with E-state index in [0.717, 1.165) is 39.8 Å². The van der Waals surface area contributed by atoms with Gasteiger partial charge in [0.15, 0.2) is 0 Å². The molecule has 0 spiro atoms. The van der Waals surface area contributed by atoms with E-state index in [9.17, 15) is 5.11 Å². The molecule has 5 heteroatoms. The molecule has 0 amide bonds. The Balaban J connectivity index is 1.38. The lowest BCUT2D eigenvalue weighted by atomic mass is 9.69. The van der Waals surface area contributed by atoms with Gasteiger partial charge in [0, 0.05) is 5.92 Å². The molecule has 6 rings (SSSR count). The lowest BCUT2D eigenvalue weighted by Gasteiger charge is -2.51. The molecule has 1 saturated carbocycles. The van der Waals surface area contributed by atoms with Crippen LogP contribution in [0.4, 0.5) is 0 Å². The average molecular weight is 643 g/mol. The molecule has 0 unspecified atom stereocenters. The molecule has 248 valence electrons. The van der Waals surface area contributed by atoms with Gasteiger partial charge in [-0.1, -0.05) is 153 Å². The van der Waals surface area contributed by atoms with E-state index >= 15 is 0 Å². The number of hydrogen-bond acceptors (Lipinski definition) is 5. The molecule has 0 saturated heterocycles. The molecule has 5 nitrogen and oxygen atoms in total. The molecule has 5 aromatic rings. The highest BCUT2D eigenvalue weighted by molar-refractivity contribution is 5.32. The van der Waals surface area contributed by atoms with Crippen LogP contribution in [0.15, 0.2) is 146 Å². The summed E-state index contributed by atoms with van der Waals surface area (Å²) in [7, 11) is 0. The quantitative estimate of drug-likeness (QED) is 0.124. The van der Waals surface area contributed by atoms with Crippen molar-refractivity contribution in [3.05, 3.63) is 179 Å². The van der Waals surface area contributed by atoms with Gasteiger partial charge in [0.05, 0.1) is 39.1 Å². The van der Waals surface area contributed by atoms with Crippen molar-refractivity contribution in [2.75, 3.05) is 6.61 Å². The lowest BCUT2D eigenvalue weighted by molar-refractivity contribution is -0.261. The highest BCUT2D eigenvalue weighted by Crippen LogP contribution is 2.45. The van der Waals surface area contributed by atoms with Crippen molar-refractivity contribution in [1.29, 1.82) is 0 Å². The van der Waals surface area contributed by atoms with Gasteiger partial charge in [-0.15, -0.1) is 0 Å². The molecule has 1 aliphatic rings. The number of ether oxygens (including phenoxy) is 4. The maximum absolute atomic E-state index is 13.0. The van der Waals surface area contributed by atoms with E-state index in [2.05, 4.69) is 55.5 Å². The monoisotopic (exact) mass is 642 g/mol. The first kappa shape index (κ1) is 33.8. The third-order valence-electron chi connectivity index (χ3n) is 9.25. The van der Waals surface area contributed by atoms with Crippen LogP contribution in [0.2, 0.25) is 0 Å². The van der Waals surface area contributed by atoms with Crippen LogP contribution in [0, 0.1) is 5.92 Å². The van der Waals surface area contributed by atoms with E-state index < -0.39 is 23.9 Å². The van der Waals surface area contributed by atoms with Crippen molar-refractivity contribution in [3.63, 3.8) is 0 Å².